The lowest BCUT2D eigenvalue weighted by atomic mass is 10.1. The number of hydrogen-bond acceptors (Lipinski definition) is 11. The van der Waals surface area contributed by atoms with Gasteiger partial charge in [-0.1, -0.05) is 6.07 Å². The second-order valence-electron chi connectivity index (χ2n) is 5.61. The van der Waals surface area contributed by atoms with Gasteiger partial charge in [-0.25, -0.2) is 9.97 Å². The normalized spacial score (nSPS) is 26.2. The van der Waals surface area contributed by atoms with Crippen LogP contribution in [0.3, 0.4) is 0 Å². The monoisotopic (exact) mass is 388 g/mol. The number of benzene rings is 1. The quantitative estimate of drug-likeness (QED) is 0.342. The van der Waals surface area contributed by atoms with Crippen LogP contribution in [0.1, 0.15) is 0 Å². The molecule has 1 aliphatic rings. The second-order valence-corrected chi connectivity index (χ2v) is 6.89. The maximum atomic E-state index is 10.2. The number of para-hydroxylation sites is 1. The highest BCUT2D eigenvalue weighted by Gasteiger charge is 2.46. The van der Waals surface area contributed by atoms with Gasteiger partial charge in [0.05, 0.1) is 7.11 Å². The third kappa shape index (κ3) is 4.00. The molecule has 1 aromatic carbocycles. The third-order valence-corrected chi connectivity index (χ3v) is 4.40. The fraction of sp³-hybridized carbons (Fsp3) is 0.429. The topological polar surface area (TPSA) is 167 Å². The molecule has 26 heavy (non-hydrogen) atoms. The number of hydrogen-bond donors (Lipinski definition) is 6. The van der Waals surface area contributed by atoms with Crippen molar-refractivity contribution in [3.8, 4) is 5.75 Å². The molecule has 1 aromatic heterocycles. The summed E-state index contributed by atoms with van der Waals surface area (Å²) in [7, 11) is -2.96. The van der Waals surface area contributed by atoms with E-state index in [0.29, 0.717) is 22.5 Å². The number of aliphatic hydroxyl groups is 2. The SMILES string of the molecule is COc1cccc2c(N[C@@H]3O[C@H](CO[P+](O)(O)O)[C@@H](O)[C@H]3O)ncnc12. The van der Waals surface area contributed by atoms with E-state index in [2.05, 4.69) is 19.8 Å². The summed E-state index contributed by atoms with van der Waals surface area (Å²) < 4.78 is 15.1. The minimum Gasteiger partial charge on any atom is -0.494 e. The van der Waals surface area contributed by atoms with Crippen LogP contribution < -0.4 is 10.1 Å². The van der Waals surface area contributed by atoms with Crippen molar-refractivity contribution in [2.75, 3.05) is 19.0 Å². The van der Waals surface area contributed by atoms with E-state index in [1.54, 1.807) is 18.2 Å². The Morgan fingerprint density at radius 3 is 2.65 bits per heavy atom. The van der Waals surface area contributed by atoms with Crippen molar-refractivity contribution in [2.45, 2.75) is 24.5 Å². The van der Waals surface area contributed by atoms with Crippen LogP contribution in [0.4, 0.5) is 5.82 Å². The van der Waals surface area contributed by atoms with E-state index in [4.69, 9.17) is 24.2 Å². The average Bonchev–Trinajstić information content (AvgIpc) is 2.87. The molecule has 0 spiro atoms. The number of nitrogens with zero attached hydrogens (tertiary/aromatic N) is 2. The first-order valence-electron chi connectivity index (χ1n) is 7.58. The molecule has 3 rings (SSSR count). The van der Waals surface area contributed by atoms with Crippen LogP contribution in [0.15, 0.2) is 24.5 Å². The first kappa shape index (κ1) is 19.1. The zero-order valence-corrected chi connectivity index (χ0v) is 14.5. The predicted molar refractivity (Wildman–Crippen MR) is 89.9 cm³/mol. The Morgan fingerprint density at radius 2 is 1.96 bits per heavy atom. The lowest BCUT2D eigenvalue weighted by Crippen LogP contribution is -2.37. The van der Waals surface area contributed by atoms with E-state index in [1.165, 1.54) is 13.4 Å². The Bertz CT molecular complexity index is 773. The summed E-state index contributed by atoms with van der Waals surface area (Å²) in [5.41, 5.74) is 0.552. The van der Waals surface area contributed by atoms with Crippen molar-refractivity contribution >= 4 is 24.9 Å². The van der Waals surface area contributed by atoms with Gasteiger partial charge in [-0.2, -0.15) is 19.2 Å². The third-order valence-electron chi connectivity index (χ3n) is 3.90. The molecular weight excluding hydrogens is 369 g/mol. The van der Waals surface area contributed by atoms with Gasteiger partial charge in [0.25, 0.3) is 0 Å². The number of aliphatic hydroxyl groups excluding tert-OH is 2. The van der Waals surface area contributed by atoms with Gasteiger partial charge in [-0.05, 0) is 12.1 Å². The van der Waals surface area contributed by atoms with Crippen LogP contribution in [-0.2, 0) is 9.26 Å². The highest BCUT2D eigenvalue weighted by molar-refractivity contribution is 7.53. The summed E-state index contributed by atoms with van der Waals surface area (Å²) in [5, 5.41) is 23.7. The van der Waals surface area contributed by atoms with Crippen LogP contribution in [-0.4, -0.2) is 73.1 Å². The van der Waals surface area contributed by atoms with Crippen LogP contribution in [0.2, 0.25) is 0 Å². The number of fused-ring (bicyclic) bond motifs is 1. The Morgan fingerprint density at radius 1 is 1.19 bits per heavy atom. The first-order valence-corrected chi connectivity index (χ1v) is 9.14. The molecule has 1 aliphatic heterocycles. The number of rotatable bonds is 6. The smallest absolute Gasteiger partial charge is 0.494 e. The van der Waals surface area contributed by atoms with E-state index in [1.807, 2.05) is 0 Å². The molecule has 4 atom stereocenters. The van der Waals surface area contributed by atoms with Crippen LogP contribution in [0.5, 0.6) is 5.75 Å². The maximum Gasteiger partial charge on any atom is 0.567 e. The van der Waals surface area contributed by atoms with Gasteiger partial charge in [0.1, 0.15) is 48.3 Å². The van der Waals surface area contributed by atoms with Gasteiger partial charge in [-0.3, -0.25) is 0 Å². The molecule has 1 fully saturated rings. The van der Waals surface area contributed by atoms with Crippen molar-refractivity contribution in [1.29, 1.82) is 0 Å². The highest BCUT2D eigenvalue weighted by Crippen LogP contribution is 2.46. The minimum absolute atomic E-state index is 0.347. The van der Waals surface area contributed by atoms with Crippen molar-refractivity contribution in [1.82, 2.24) is 9.97 Å². The van der Waals surface area contributed by atoms with Gasteiger partial charge >= 0.3 is 8.17 Å². The fourth-order valence-corrected chi connectivity index (χ4v) is 3.00. The first-order chi connectivity index (χ1) is 12.3. The molecule has 2 heterocycles. The van der Waals surface area contributed by atoms with Gasteiger partial charge in [0.2, 0.25) is 0 Å². The molecule has 0 aliphatic carbocycles. The molecule has 1 saturated heterocycles. The molecular formula is C14H19N3O8P+. The van der Waals surface area contributed by atoms with Crippen LogP contribution >= 0.6 is 8.17 Å². The molecule has 0 saturated carbocycles. The molecule has 142 valence electrons. The number of methoxy groups -OCH3 is 1. The van der Waals surface area contributed by atoms with Crippen molar-refractivity contribution in [2.24, 2.45) is 0 Å². The predicted octanol–water partition coefficient (Wildman–Crippen LogP) is -0.832. The van der Waals surface area contributed by atoms with Crippen molar-refractivity contribution < 1.29 is 38.9 Å². The van der Waals surface area contributed by atoms with Gasteiger partial charge < -0.3 is 25.0 Å². The molecule has 6 N–H and O–H groups in total. The molecule has 0 bridgehead atoms. The number of anilines is 1. The molecule has 2 aromatic rings. The second kappa shape index (κ2) is 7.51. The van der Waals surface area contributed by atoms with E-state index >= 15 is 0 Å². The molecule has 0 unspecified atom stereocenters. The summed E-state index contributed by atoms with van der Waals surface area (Å²) in [4.78, 5) is 34.8. The molecule has 0 amide bonds. The summed E-state index contributed by atoms with van der Waals surface area (Å²) in [5.74, 6) is 0.890. The standard InChI is InChI=1S/C14H19N3O8P/c1-23-8-4-2-3-7-10(8)15-6-16-13(7)17-14-12(19)11(18)9(25-14)5-24-26(20,21)22/h2-4,6,9,11-12,14,18-22H,5H2,1H3,(H,15,16,17)/q+1/t9-,11-,12-,14-/m1/s1. The van der Waals surface area contributed by atoms with E-state index in [9.17, 15) is 10.2 Å². The lowest BCUT2D eigenvalue weighted by molar-refractivity contribution is -0.0189. The number of ether oxygens (including phenoxy) is 2. The van der Waals surface area contributed by atoms with Gasteiger partial charge in [0.15, 0.2) is 6.23 Å². The van der Waals surface area contributed by atoms with E-state index in [-0.39, 0.29) is 0 Å². The largest absolute Gasteiger partial charge is 0.567 e. The summed E-state index contributed by atoms with van der Waals surface area (Å²) in [6.45, 7) is -0.522. The molecule has 11 nitrogen and oxygen atoms in total. The minimum atomic E-state index is -4.47. The Kier molecular flexibility index (Phi) is 5.51. The Labute approximate surface area is 148 Å². The van der Waals surface area contributed by atoms with Crippen LogP contribution in [0.25, 0.3) is 10.9 Å². The summed E-state index contributed by atoms with van der Waals surface area (Å²) in [6, 6.07) is 5.24. The fourth-order valence-electron chi connectivity index (χ4n) is 2.65. The molecule has 0 radical (unpaired) electrons. The number of nitrogens with one attached hydrogen (secondary N) is 1. The van der Waals surface area contributed by atoms with E-state index in [0.717, 1.165) is 0 Å². The average molecular weight is 388 g/mol. The zero-order chi connectivity index (χ0) is 18.9. The van der Waals surface area contributed by atoms with E-state index < -0.39 is 39.3 Å². The lowest BCUT2D eigenvalue weighted by Gasteiger charge is -2.18. The molecule has 12 heteroatoms. The van der Waals surface area contributed by atoms with Crippen molar-refractivity contribution in [3.05, 3.63) is 24.5 Å². The zero-order valence-electron chi connectivity index (χ0n) is 13.6. The summed E-state index contributed by atoms with van der Waals surface area (Å²) in [6.07, 6.45) is -3.54. The van der Waals surface area contributed by atoms with Crippen molar-refractivity contribution in [3.63, 3.8) is 0 Å². The summed E-state index contributed by atoms with van der Waals surface area (Å²) >= 11 is 0. The van der Waals surface area contributed by atoms with Gasteiger partial charge in [-0.15, -0.1) is 0 Å². The Balaban J connectivity index is 1.78. The van der Waals surface area contributed by atoms with Crippen LogP contribution in [0, 0.1) is 0 Å². The number of aromatic nitrogens is 2. The van der Waals surface area contributed by atoms with Gasteiger partial charge in [0, 0.05) is 5.39 Å². The Hall–Kier alpha value is -1.69. The highest BCUT2D eigenvalue weighted by atomic mass is 31.2. The maximum absolute atomic E-state index is 10.2.